The average Bonchev–Trinajstić information content (AvgIpc) is 3.20. The Morgan fingerprint density at radius 2 is 2.20 bits per heavy atom. The molecule has 1 saturated heterocycles. The highest BCUT2D eigenvalue weighted by Crippen LogP contribution is 2.31. The van der Waals surface area contributed by atoms with Crippen molar-refractivity contribution in [3.63, 3.8) is 0 Å². The number of aromatic nitrogens is 2. The molecule has 1 atom stereocenters. The fourth-order valence-corrected chi connectivity index (χ4v) is 4.32. The van der Waals surface area contributed by atoms with E-state index in [0.717, 1.165) is 29.7 Å². The fourth-order valence-electron chi connectivity index (χ4n) is 3.58. The number of rotatable bonds is 7. The fraction of sp³-hybridized carbons (Fsp3) is 0.579. The van der Waals surface area contributed by atoms with E-state index in [4.69, 9.17) is 0 Å². The summed E-state index contributed by atoms with van der Waals surface area (Å²) >= 11 is 1.63. The number of aryl methyl sites for hydroxylation is 1. The lowest BCUT2D eigenvalue weighted by Crippen LogP contribution is -2.32. The van der Waals surface area contributed by atoms with Crippen molar-refractivity contribution < 1.29 is 4.79 Å². The van der Waals surface area contributed by atoms with Crippen LogP contribution in [0.4, 0.5) is 0 Å². The van der Waals surface area contributed by atoms with Crippen molar-refractivity contribution >= 4 is 23.3 Å². The van der Waals surface area contributed by atoms with Crippen molar-refractivity contribution in [3.8, 4) is 0 Å². The number of imidazole rings is 1. The Hall–Kier alpha value is -1.53. The number of amides is 1. The quantitative estimate of drug-likeness (QED) is 0.826. The zero-order chi connectivity index (χ0) is 17.2. The molecule has 6 heteroatoms. The molecule has 1 N–H and O–H groups in total. The summed E-state index contributed by atoms with van der Waals surface area (Å²) in [4.78, 5) is 19.3. The lowest BCUT2D eigenvalue weighted by molar-refractivity contribution is -0.118. The molecule has 0 aromatic carbocycles. The molecule has 2 aromatic heterocycles. The van der Waals surface area contributed by atoms with Gasteiger partial charge in [0.05, 0.1) is 11.4 Å². The second-order valence-corrected chi connectivity index (χ2v) is 8.37. The Labute approximate surface area is 153 Å². The number of likely N-dealkylation sites (tertiary alicyclic amines) is 1. The summed E-state index contributed by atoms with van der Waals surface area (Å²) in [6.07, 6.45) is 8.11. The Balaban J connectivity index is 1.17. The van der Waals surface area contributed by atoms with E-state index >= 15 is 0 Å². The van der Waals surface area contributed by atoms with Crippen LogP contribution in [0, 0.1) is 12.8 Å². The molecule has 25 heavy (non-hydrogen) atoms. The lowest BCUT2D eigenvalue weighted by Gasteiger charge is -2.15. The van der Waals surface area contributed by atoms with Gasteiger partial charge in [0.25, 0.3) is 0 Å². The third-order valence-electron chi connectivity index (χ3n) is 5.10. The number of carbonyl (C=O) groups is 1. The van der Waals surface area contributed by atoms with Crippen LogP contribution in [0.25, 0.3) is 5.65 Å². The first-order chi connectivity index (χ1) is 12.2. The number of hydrogen-bond donors (Lipinski definition) is 1. The largest absolute Gasteiger partial charge is 0.355 e. The van der Waals surface area contributed by atoms with E-state index in [1.165, 1.54) is 37.9 Å². The van der Waals surface area contributed by atoms with Crippen molar-refractivity contribution in [2.24, 2.45) is 5.92 Å². The molecular weight excluding hydrogens is 332 g/mol. The molecular formula is C19H26N4OS. The summed E-state index contributed by atoms with van der Waals surface area (Å²) in [7, 11) is 0. The summed E-state index contributed by atoms with van der Waals surface area (Å²) in [6.45, 7) is 5.29. The normalized spacial score (nSPS) is 21.1. The van der Waals surface area contributed by atoms with E-state index in [2.05, 4.69) is 45.0 Å². The van der Waals surface area contributed by atoms with E-state index in [9.17, 15) is 4.79 Å². The highest BCUT2D eigenvalue weighted by atomic mass is 32.2. The van der Waals surface area contributed by atoms with Crippen molar-refractivity contribution in [1.82, 2.24) is 19.6 Å². The summed E-state index contributed by atoms with van der Waals surface area (Å²) in [6, 6.07) is 4.95. The third kappa shape index (κ3) is 4.36. The van der Waals surface area contributed by atoms with Crippen LogP contribution >= 0.6 is 11.8 Å². The summed E-state index contributed by atoms with van der Waals surface area (Å²) in [5, 5.41) is 3.11. The molecule has 4 rings (SSSR count). The molecule has 5 nitrogen and oxygen atoms in total. The average molecular weight is 359 g/mol. The summed E-state index contributed by atoms with van der Waals surface area (Å²) < 4.78 is 2.05. The molecule has 0 radical (unpaired) electrons. The van der Waals surface area contributed by atoms with E-state index in [0.29, 0.717) is 11.7 Å². The molecule has 2 aromatic rings. The zero-order valence-corrected chi connectivity index (χ0v) is 15.6. The van der Waals surface area contributed by atoms with E-state index in [1.807, 2.05) is 6.07 Å². The van der Waals surface area contributed by atoms with E-state index in [1.54, 1.807) is 11.8 Å². The number of thioether (sulfide) groups is 1. The minimum atomic E-state index is 0.148. The monoisotopic (exact) mass is 358 g/mol. The molecule has 1 aliphatic carbocycles. The smallest absolute Gasteiger partial charge is 0.230 e. The number of carbonyl (C=O) groups excluding carboxylic acids is 1. The molecule has 1 saturated carbocycles. The number of nitrogens with zero attached hydrogens (tertiary/aromatic N) is 3. The minimum absolute atomic E-state index is 0.148. The number of hydrogen-bond acceptors (Lipinski definition) is 4. The Morgan fingerprint density at radius 1 is 1.32 bits per heavy atom. The highest BCUT2D eigenvalue weighted by Gasteiger charge is 2.34. The van der Waals surface area contributed by atoms with Crippen LogP contribution in [-0.2, 0) is 10.5 Å². The van der Waals surface area contributed by atoms with Gasteiger partial charge >= 0.3 is 0 Å². The van der Waals surface area contributed by atoms with Gasteiger partial charge in [-0.15, -0.1) is 11.8 Å². The van der Waals surface area contributed by atoms with Crippen LogP contribution in [-0.4, -0.2) is 51.6 Å². The first-order valence-corrected chi connectivity index (χ1v) is 10.4. The first-order valence-electron chi connectivity index (χ1n) is 9.20. The molecule has 134 valence electrons. The number of fused-ring (bicyclic) bond motifs is 1. The molecule has 0 bridgehead atoms. The molecule has 2 aliphatic rings. The van der Waals surface area contributed by atoms with Crippen LogP contribution in [0.3, 0.4) is 0 Å². The van der Waals surface area contributed by atoms with Crippen LogP contribution in [0.1, 0.15) is 30.5 Å². The van der Waals surface area contributed by atoms with E-state index in [-0.39, 0.29) is 5.91 Å². The topological polar surface area (TPSA) is 49.6 Å². The Kier molecular flexibility index (Phi) is 4.99. The molecule has 0 spiro atoms. The Morgan fingerprint density at radius 3 is 3.04 bits per heavy atom. The maximum atomic E-state index is 12.1. The SMILES string of the molecule is Cc1ccc2nc(CSCC(=O)NCC3CCN(C4CC4)C3)cn2c1. The Bertz CT molecular complexity index is 755. The lowest BCUT2D eigenvalue weighted by atomic mass is 10.1. The third-order valence-corrected chi connectivity index (χ3v) is 6.07. The van der Waals surface area contributed by atoms with Crippen LogP contribution < -0.4 is 5.32 Å². The van der Waals surface area contributed by atoms with Crippen molar-refractivity contribution in [1.29, 1.82) is 0 Å². The van der Waals surface area contributed by atoms with Crippen molar-refractivity contribution in [3.05, 3.63) is 35.8 Å². The first kappa shape index (κ1) is 16.9. The standard InChI is InChI=1S/C19H26N4OS/c1-14-2-5-18-21-16(11-23(18)9-14)12-25-13-19(24)20-8-15-6-7-22(10-15)17-3-4-17/h2,5,9,11,15,17H,3-4,6-8,10,12-13H2,1H3,(H,20,24). The molecule has 3 heterocycles. The molecule has 2 fully saturated rings. The van der Waals surface area contributed by atoms with Crippen molar-refractivity contribution in [2.75, 3.05) is 25.4 Å². The summed E-state index contributed by atoms with van der Waals surface area (Å²) in [5.41, 5.74) is 3.21. The van der Waals surface area contributed by atoms with Gasteiger partial charge in [-0.1, -0.05) is 6.07 Å². The predicted molar refractivity (Wildman–Crippen MR) is 102 cm³/mol. The maximum absolute atomic E-state index is 12.1. The highest BCUT2D eigenvalue weighted by molar-refractivity contribution is 7.99. The minimum Gasteiger partial charge on any atom is -0.355 e. The van der Waals surface area contributed by atoms with Crippen LogP contribution in [0.2, 0.25) is 0 Å². The van der Waals surface area contributed by atoms with Gasteiger partial charge in [-0.3, -0.25) is 4.79 Å². The summed E-state index contributed by atoms with van der Waals surface area (Å²) in [5.74, 6) is 2.06. The maximum Gasteiger partial charge on any atom is 0.230 e. The predicted octanol–water partition coefficient (Wildman–Crippen LogP) is 2.48. The van der Waals surface area contributed by atoms with Gasteiger partial charge in [0.2, 0.25) is 5.91 Å². The second-order valence-electron chi connectivity index (χ2n) is 7.38. The van der Waals surface area contributed by atoms with Crippen LogP contribution in [0.5, 0.6) is 0 Å². The zero-order valence-electron chi connectivity index (χ0n) is 14.8. The number of nitrogens with one attached hydrogen (secondary N) is 1. The van der Waals surface area contributed by atoms with Gasteiger partial charge in [-0.25, -0.2) is 4.98 Å². The van der Waals surface area contributed by atoms with Crippen molar-refractivity contribution in [2.45, 2.75) is 38.0 Å². The van der Waals surface area contributed by atoms with E-state index < -0.39 is 0 Å². The van der Waals surface area contributed by atoms with Crippen LogP contribution in [0.15, 0.2) is 24.5 Å². The van der Waals surface area contributed by atoms with Gasteiger partial charge in [0, 0.05) is 37.3 Å². The second kappa shape index (κ2) is 7.38. The molecule has 1 unspecified atom stereocenters. The van der Waals surface area contributed by atoms with Gasteiger partial charge in [-0.2, -0.15) is 0 Å². The molecule has 1 amide bonds. The van der Waals surface area contributed by atoms with Gasteiger partial charge < -0.3 is 14.6 Å². The molecule has 1 aliphatic heterocycles. The number of pyridine rings is 1. The van der Waals surface area contributed by atoms with Gasteiger partial charge in [-0.05, 0) is 50.3 Å². The van der Waals surface area contributed by atoms with Gasteiger partial charge in [0.1, 0.15) is 5.65 Å². The van der Waals surface area contributed by atoms with Gasteiger partial charge in [0.15, 0.2) is 0 Å².